The molecule has 0 radical (unpaired) electrons. The van der Waals surface area contributed by atoms with Crippen LogP contribution in [0.2, 0.25) is 0 Å². The van der Waals surface area contributed by atoms with Gasteiger partial charge in [0.15, 0.2) is 17.3 Å². The summed E-state index contributed by atoms with van der Waals surface area (Å²) in [7, 11) is 1.18. The number of Topliss-reactive ketones (excluding diaryl/α,β-unsaturated/α-hetero) is 1. The normalized spacial score (nSPS) is 12.0. The first-order chi connectivity index (χ1) is 11.9. The van der Waals surface area contributed by atoms with E-state index in [0.717, 1.165) is 0 Å². The van der Waals surface area contributed by atoms with E-state index in [2.05, 4.69) is 10.1 Å². The van der Waals surface area contributed by atoms with Gasteiger partial charge in [-0.1, -0.05) is 0 Å². The number of ketones is 1. The molecule has 0 bridgehead atoms. The number of hydrogen-bond acceptors (Lipinski definition) is 7. The predicted octanol–water partition coefficient (Wildman–Crippen LogP) is 2.56. The molecular formula is C17H15NO7. The standard InChI is InChI=1S/C17H15NO7/c1-8(19)13-9(2)25-16(14(13)17(21)22-3)18-15(20)10-4-5-11-12(6-10)24-7-23-11/h4-6H,7H2,1-3H3,(H,18,20). The maximum Gasteiger partial charge on any atom is 0.344 e. The highest BCUT2D eigenvalue weighted by Crippen LogP contribution is 2.33. The summed E-state index contributed by atoms with van der Waals surface area (Å²) in [6.07, 6.45) is 0. The van der Waals surface area contributed by atoms with E-state index >= 15 is 0 Å². The summed E-state index contributed by atoms with van der Waals surface area (Å²) in [6.45, 7) is 2.92. The molecule has 0 aliphatic carbocycles. The van der Waals surface area contributed by atoms with Crippen molar-refractivity contribution in [2.24, 2.45) is 0 Å². The Morgan fingerprint density at radius 1 is 1.12 bits per heavy atom. The highest BCUT2D eigenvalue weighted by atomic mass is 16.7. The molecule has 1 aromatic carbocycles. The van der Waals surface area contributed by atoms with Gasteiger partial charge < -0.3 is 18.6 Å². The molecule has 0 unspecified atom stereocenters. The SMILES string of the molecule is COC(=O)c1c(NC(=O)c2ccc3c(c2)OCO3)oc(C)c1C(C)=O. The van der Waals surface area contributed by atoms with Crippen LogP contribution in [-0.2, 0) is 4.74 Å². The highest BCUT2D eigenvalue weighted by molar-refractivity contribution is 6.12. The van der Waals surface area contributed by atoms with Gasteiger partial charge in [0, 0.05) is 5.56 Å². The second kappa shape index (κ2) is 6.31. The Morgan fingerprint density at radius 2 is 1.84 bits per heavy atom. The molecule has 0 saturated heterocycles. The minimum absolute atomic E-state index is 0.0767. The Balaban J connectivity index is 1.95. The lowest BCUT2D eigenvalue weighted by Crippen LogP contribution is -2.15. The van der Waals surface area contributed by atoms with Crippen LogP contribution >= 0.6 is 0 Å². The molecule has 1 N–H and O–H groups in total. The molecule has 1 aliphatic heterocycles. The van der Waals surface area contributed by atoms with Crippen LogP contribution in [0.15, 0.2) is 22.6 Å². The molecule has 1 aliphatic rings. The van der Waals surface area contributed by atoms with Gasteiger partial charge in [0.25, 0.3) is 5.91 Å². The molecule has 130 valence electrons. The molecule has 3 rings (SSSR count). The Kier molecular flexibility index (Phi) is 4.18. The van der Waals surface area contributed by atoms with Crippen LogP contribution in [0.4, 0.5) is 5.88 Å². The van der Waals surface area contributed by atoms with E-state index < -0.39 is 11.9 Å². The second-order valence-corrected chi connectivity index (χ2v) is 5.31. The lowest BCUT2D eigenvalue weighted by molar-refractivity contribution is 0.0598. The summed E-state index contributed by atoms with van der Waals surface area (Å²) in [5.74, 6) is -0.618. The number of furan rings is 1. The number of methoxy groups -OCH3 is 1. The number of nitrogens with one attached hydrogen (secondary N) is 1. The fraction of sp³-hybridized carbons (Fsp3) is 0.235. The van der Waals surface area contributed by atoms with Crippen LogP contribution in [0.25, 0.3) is 0 Å². The van der Waals surface area contributed by atoms with Gasteiger partial charge in [-0.25, -0.2) is 4.79 Å². The molecule has 1 amide bonds. The minimum atomic E-state index is -0.775. The molecule has 25 heavy (non-hydrogen) atoms. The quantitative estimate of drug-likeness (QED) is 0.671. The smallest absolute Gasteiger partial charge is 0.344 e. The molecule has 2 aromatic rings. The summed E-state index contributed by atoms with van der Waals surface area (Å²) in [6, 6.07) is 4.66. The van der Waals surface area contributed by atoms with Gasteiger partial charge in [0.1, 0.15) is 11.3 Å². The number of benzene rings is 1. The van der Waals surface area contributed by atoms with E-state index in [4.69, 9.17) is 13.9 Å². The number of esters is 1. The van der Waals surface area contributed by atoms with E-state index in [-0.39, 0.29) is 40.9 Å². The van der Waals surface area contributed by atoms with Crippen LogP contribution in [-0.4, -0.2) is 31.6 Å². The van der Waals surface area contributed by atoms with Crippen LogP contribution in [0.1, 0.15) is 43.8 Å². The fourth-order valence-corrected chi connectivity index (χ4v) is 2.57. The van der Waals surface area contributed by atoms with E-state index in [0.29, 0.717) is 11.5 Å². The lowest BCUT2D eigenvalue weighted by Gasteiger charge is -2.06. The molecule has 0 fully saturated rings. The van der Waals surface area contributed by atoms with Crippen LogP contribution in [0.3, 0.4) is 0 Å². The number of carbonyl (C=O) groups is 3. The molecule has 8 heteroatoms. The summed E-state index contributed by atoms with van der Waals surface area (Å²) in [5, 5.41) is 2.49. The van der Waals surface area contributed by atoms with Crippen molar-refractivity contribution in [2.45, 2.75) is 13.8 Å². The average Bonchev–Trinajstić information content (AvgIpc) is 3.17. The van der Waals surface area contributed by atoms with Gasteiger partial charge in [-0.3, -0.25) is 14.9 Å². The maximum absolute atomic E-state index is 12.5. The van der Waals surface area contributed by atoms with E-state index in [1.54, 1.807) is 12.1 Å². The fourth-order valence-electron chi connectivity index (χ4n) is 2.57. The largest absolute Gasteiger partial charge is 0.465 e. The molecule has 2 heterocycles. The zero-order chi connectivity index (χ0) is 18.1. The van der Waals surface area contributed by atoms with Crippen molar-refractivity contribution in [1.82, 2.24) is 0 Å². The number of rotatable bonds is 4. The third-order valence-electron chi connectivity index (χ3n) is 3.69. The molecule has 1 aromatic heterocycles. The first kappa shape index (κ1) is 16.6. The summed E-state index contributed by atoms with van der Waals surface area (Å²) in [4.78, 5) is 36.3. The zero-order valence-corrected chi connectivity index (χ0v) is 13.8. The van der Waals surface area contributed by atoms with Gasteiger partial charge >= 0.3 is 5.97 Å². The number of aryl methyl sites for hydroxylation is 1. The third-order valence-corrected chi connectivity index (χ3v) is 3.69. The second-order valence-electron chi connectivity index (χ2n) is 5.31. The van der Waals surface area contributed by atoms with E-state index in [9.17, 15) is 14.4 Å². The zero-order valence-electron chi connectivity index (χ0n) is 13.8. The summed E-state index contributed by atoms with van der Waals surface area (Å²) >= 11 is 0. The number of fused-ring (bicyclic) bond motifs is 1. The topological polar surface area (TPSA) is 104 Å². The van der Waals surface area contributed by atoms with Crippen molar-refractivity contribution >= 4 is 23.5 Å². The Bertz CT molecular complexity index is 881. The van der Waals surface area contributed by atoms with Gasteiger partial charge in [0.05, 0.1) is 12.7 Å². The molecule has 0 saturated carbocycles. The third kappa shape index (κ3) is 2.93. The van der Waals surface area contributed by atoms with Gasteiger partial charge in [0.2, 0.25) is 12.7 Å². The predicted molar refractivity (Wildman–Crippen MR) is 85.3 cm³/mol. The van der Waals surface area contributed by atoms with Crippen molar-refractivity contribution in [2.75, 3.05) is 19.2 Å². The molecule has 0 spiro atoms. The summed E-state index contributed by atoms with van der Waals surface area (Å²) in [5.41, 5.74) is 0.243. The lowest BCUT2D eigenvalue weighted by atomic mass is 10.1. The van der Waals surface area contributed by atoms with Gasteiger partial charge in [-0.15, -0.1) is 0 Å². The van der Waals surface area contributed by atoms with Crippen molar-refractivity contribution in [3.05, 3.63) is 40.6 Å². The van der Waals surface area contributed by atoms with Crippen LogP contribution in [0.5, 0.6) is 11.5 Å². The van der Waals surface area contributed by atoms with Crippen molar-refractivity contribution in [3.8, 4) is 11.5 Å². The van der Waals surface area contributed by atoms with Crippen molar-refractivity contribution in [1.29, 1.82) is 0 Å². The number of carbonyl (C=O) groups excluding carboxylic acids is 3. The Hall–Kier alpha value is -3.29. The van der Waals surface area contributed by atoms with Crippen LogP contribution < -0.4 is 14.8 Å². The first-order valence-corrected chi connectivity index (χ1v) is 7.36. The van der Waals surface area contributed by atoms with Crippen molar-refractivity contribution in [3.63, 3.8) is 0 Å². The summed E-state index contributed by atoms with van der Waals surface area (Å²) < 4.78 is 20.5. The average molecular weight is 345 g/mol. The highest BCUT2D eigenvalue weighted by Gasteiger charge is 2.29. The molecule has 8 nitrogen and oxygen atoms in total. The van der Waals surface area contributed by atoms with Gasteiger partial charge in [-0.05, 0) is 32.0 Å². The Labute approximate surface area is 142 Å². The maximum atomic E-state index is 12.5. The monoisotopic (exact) mass is 345 g/mol. The number of anilines is 1. The number of ether oxygens (including phenoxy) is 3. The van der Waals surface area contributed by atoms with Crippen LogP contribution in [0, 0.1) is 6.92 Å². The molecular weight excluding hydrogens is 330 g/mol. The number of amides is 1. The van der Waals surface area contributed by atoms with E-state index in [1.807, 2.05) is 0 Å². The Morgan fingerprint density at radius 3 is 2.52 bits per heavy atom. The molecule has 0 atom stereocenters. The van der Waals surface area contributed by atoms with Crippen molar-refractivity contribution < 1.29 is 33.0 Å². The minimum Gasteiger partial charge on any atom is -0.465 e. The van der Waals surface area contributed by atoms with Gasteiger partial charge in [-0.2, -0.15) is 0 Å². The first-order valence-electron chi connectivity index (χ1n) is 7.36. The number of hydrogen-bond donors (Lipinski definition) is 1. The van der Waals surface area contributed by atoms with E-state index in [1.165, 1.54) is 27.0 Å².